The Morgan fingerprint density at radius 3 is 1.20 bits per heavy atom. The normalized spacial score (nSPS) is 41.7. The van der Waals surface area contributed by atoms with Crippen LogP contribution in [0.5, 0.6) is 0 Å². The van der Waals surface area contributed by atoms with Crippen molar-refractivity contribution in [2.24, 2.45) is 23.3 Å². The minimum Gasteiger partial charge on any atom is -0.390 e. The summed E-state index contributed by atoms with van der Waals surface area (Å²) in [7, 11) is 0. The molecule has 20 heavy (non-hydrogen) atoms. The highest BCUT2D eigenvalue weighted by atomic mass is 16.3. The Morgan fingerprint density at radius 1 is 0.750 bits per heavy atom. The molecular formula is C16H34N2O2. The molecule has 0 atom stereocenters. The largest absolute Gasteiger partial charge is 0.390 e. The molecule has 0 heterocycles. The van der Waals surface area contributed by atoms with Gasteiger partial charge in [0.25, 0.3) is 0 Å². The molecule has 2 saturated carbocycles. The average molecular weight is 286 g/mol. The molecule has 2 aliphatic carbocycles. The van der Waals surface area contributed by atoms with Crippen LogP contribution in [0.3, 0.4) is 0 Å². The standard InChI is InChI=1S/2C8H17NO/c2*1-8(10)4-2-7(6-9)3-5-8/h2*7,10H,2-6,9H2,1H3. The maximum atomic E-state index is 9.55. The molecule has 2 rings (SSSR count). The topological polar surface area (TPSA) is 92.5 Å². The van der Waals surface area contributed by atoms with Crippen LogP contribution >= 0.6 is 0 Å². The van der Waals surface area contributed by atoms with Crippen molar-refractivity contribution in [1.82, 2.24) is 0 Å². The molecule has 0 radical (unpaired) electrons. The van der Waals surface area contributed by atoms with Gasteiger partial charge in [0.1, 0.15) is 0 Å². The fourth-order valence-electron chi connectivity index (χ4n) is 3.07. The molecule has 2 aliphatic rings. The van der Waals surface area contributed by atoms with Gasteiger partial charge in [0, 0.05) is 0 Å². The molecule has 4 nitrogen and oxygen atoms in total. The molecule has 6 N–H and O–H groups in total. The summed E-state index contributed by atoms with van der Waals surface area (Å²) in [6.07, 6.45) is 8.10. The summed E-state index contributed by atoms with van der Waals surface area (Å²) in [4.78, 5) is 0. The molecule has 2 fully saturated rings. The number of hydrogen-bond donors (Lipinski definition) is 4. The number of aliphatic hydroxyl groups is 2. The van der Waals surface area contributed by atoms with Gasteiger partial charge in [-0.3, -0.25) is 0 Å². The van der Waals surface area contributed by atoms with Crippen molar-refractivity contribution in [3.05, 3.63) is 0 Å². The van der Waals surface area contributed by atoms with E-state index in [1.54, 1.807) is 0 Å². The van der Waals surface area contributed by atoms with E-state index in [2.05, 4.69) is 0 Å². The first kappa shape index (κ1) is 17.9. The zero-order valence-electron chi connectivity index (χ0n) is 13.3. The van der Waals surface area contributed by atoms with Crippen molar-refractivity contribution < 1.29 is 10.2 Å². The van der Waals surface area contributed by atoms with Crippen molar-refractivity contribution >= 4 is 0 Å². The second kappa shape index (κ2) is 7.74. The first-order valence-corrected chi connectivity index (χ1v) is 8.13. The van der Waals surface area contributed by atoms with Crippen molar-refractivity contribution in [3.8, 4) is 0 Å². The van der Waals surface area contributed by atoms with Crippen molar-refractivity contribution in [2.75, 3.05) is 13.1 Å². The average Bonchev–Trinajstić information content (AvgIpc) is 2.40. The number of nitrogens with two attached hydrogens (primary N) is 2. The van der Waals surface area contributed by atoms with Crippen molar-refractivity contribution in [1.29, 1.82) is 0 Å². The fourth-order valence-corrected chi connectivity index (χ4v) is 3.07. The van der Waals surface area contributed by atoms with Gasteiger partial charge in [-0.2, -0.15) is 0 Å². The summed E-state index contributed by atoms with van der Waals surface area (Å²) in [6, 6.07) is 0. The maximum absolute atomic E-state index is 9.55. The van der Waals surface area contributed by atoms with Gasteiger partial charge in [-0.25, -0.2) is 0 Å². The highest BCUT2D eigenvalue weighted by molar-refractivity contribution is 4.82. The van der Waals surface area contributed by atoms with E-state index >= 15 is 0 Å². The molecule has 4 heteroatoms. The van der Waals surface area contributed by atoms with Gasteiger partial charge >= 0.3 is 0 Å². The van der Waals surface area contributed by atoms with Crippen LogP contribution in [-0.2, 0) is 0 Å². The smallest absolute Gasteiger partial charge is 0.0620 e. The second-order valence-corrected chi connectivity index (χ2v) is 7.35. The van der Waals surface area contributed by atoms with Gasteiger partial charge in [-0.05, 0) is 90.1 Å². The first-order valence-electron chi connectivity index (χ1n) is 8.13. The fraction of sp³-hybridized carbons (Fsp3) is 1.00. The molecule has 0 unspecified atom stereocenters. The number of rotatable bonds is 2. The molecule has 0 aromatic heterocycles. The molecule has 0 spiro atoms. The van der Waals surface area contributed by atoms with E-state index in [1.165, 1.54) is 0 Å². The summed E-state index contributed by atoms with van der Waals surface area (Å²) in [5, 5.41) is 19.1. The third-order valence-electron chi connectivity index (χ3n) is 5.03. The second-order valence-electron chi connectivity index (χ2n) is 7.35. The molecule has 0 aromatic carbocycles. The van der Waals surface area contributed by atoms with E-state index in [1.807, 2.05) is 13.8 Å². The van der Waals surface area contributed by atoms with Crippen LogP contribution < -0.4 is 11.5 Å². The van der Waals surface area contributed by atoms with Crippen LogP contribution in [0.4, 0.5) is 0 Å². The van der Waals surface area contributed by atoms with Gasteiger partial charge in [0.15, 0.2) is 0 Å². The molecular weight excluding hydrogens is 252 g/mol. The van der Waals surface area contributed by atoms with Crippen LogP contribution in [-0.4, -0.2) is 34.5 Å². The van der Waals surface area contributed by atoms with Crippen LogP contribution in [0.1, 0.15) is 65.2 Å². The zero-order valence-corrected chi connectivity index (χ0v) is 13.3. The Morgan fingerprint density at radius 2 is 1.00 bits per heavy atom. The van der Waals surface area contributed by atoms with E-state index in [4.69, 9.17) is 11.5 Å². The molecule has 0 amide bonds. The Kier molecular flexibility index (Phi) is 6.92. The first-order chi connectivity index (χ1) is 9.28. The predicted molar refractivity (Wildman–Crippen MR) is 83.3 cm³/mol. The molecule has 0 saturated heterocycles. The van der Waals surface area contributed by atoms with E-state index in [9.17, 15) is 10.2 Å². The quantitative estimate of drug-likeness (QED) is 0.622. The van der Waals surface area contributed by atoms with Gasteiger partial charge < -0.3 is 21.7 Å². The number of hydrogen-bond acceptors (Lipinski definition) is 4. The zero-order chi connectivity index (χ0) is 15.2. The lowest BCUT2D eigenvalue weighted by Crippen LogP contribution is -2.32. The SMILES string of the molecule is CC1(O)CCC(CN)CC1.CC1(O)CCC(CN)CC1. The van der Waals surface area contributed by atoms with Crippen molar-refractivity contribution in [2.45, 2.75) is 76.4 Å². The molecule has 0 bridgehead atoms. The van der Waals surface area contributed by atoms with Crippen LogP contribution in [0.15, 0.2) is 0 Å². The van der Waals surface area contributed by atoms with Crippen LogP contribution in [0, 0.1) is 11.8 Å². The van der Waals surface area contributed by atoms with Gasteiger partial charge in [-0.1, -0.05) is 0 Å². The Hall–Kier alpha value is -0.160. The third-order valence-corrected chi connectivity index (χ3v) is 5.03. The summed E-state index contributed by atoms with van der Waals surface area (Å²) in [5.41, 5.74) is 10.2. The summed E-state index contributed by atoms with van der Waals surface area (Å²) >= 11 is 0. The third kappa shape index (κ3) is 6.53. The monoisotopic (exact) mass is 286 g/mol. The minimum absolute atomic E-state index is 0.397. The Balaban J connectivity index is 0.000000200. The van der Waals surface area contributed by atoms with Crippen molar-refractivity contribution in [3.63, 3.8) is 0 Å². The van der Waals surface area contributed by atoms with E-state index in [-0.39, 0.29) is 0 Å². The van der Waals surface area contributed by atoms with Crippen LogP contribution in [0.2, 0.25) is 0 Å². The van der Waals surface area contributed by atoms with E-state index in [0.717, 1.165) is 64.5 Å². The summed E-state index contributed by atoms with van der Waals surface area (Å²) in [6.45, 7) is 5.41. The molecule has 120 valence electrons. The van der Waals surface area contributed by atoms with Gasteiger partial charge in [0.05, 0.1) is 11.2 Å². The van der Waals surface area contributed by atoms with E-state index < -0.39 is 11.2 Å². The summed E-state index contributed by atoms with van der Waals surface area (Å²) in [5.74, 6) is 1.33. The highest BCUT2D eigenvalue weighted by Crippen LogP contribution is 2.31. The minimum atomic E-state index is -0.397. The molecule has 0 aromatic rings. The predicted octanol–water partition coefficient (Wildman–Crippen LogP) is 1.77. The Labute approximate surface area is 123 Å². The molecule has 0 aliphatic heterocycles. The summed E-state index contributed by atoms with van der Waals surface area (Å²) < 4.78 is 0. The lowest BCUT2D eigenvalue weighted by Gasteiger charge is -2.32. The maximum Gasteiger partial charge on any atom is 0.0620 e. The highest BCUT2D eigenvalue weighted by Gasteiger charge is 2.28. The Bertz CT molecular complexity index is 232. The van der Waals surface area contributed by atoms with E-state index in [0.29, 0.717) is 11.8 Å². The lowest BCUT2D eigenvalue weighted by atomic mass is 9.80. The van der Waals surface area contributed by atoms with Gasteiger partial charge in [0.2, 0.25) is 0 Å². The lowest BCUT2D eigenvalue weighted by molar-refractivity contribution is 0.00884. The van der Waals surface area contributed by atoms with Gasteiger partial charge in [-0.15, -0.1) is 0 Å². The van der Waals surface area contributed by atoms with Crippen LogP contribution in [0.25, 0.3) is 0 Å².